The highest BCUT2D eigenvalue weighted by Gasteiger charge is 2.17. The molecule has 0 aliphatic carbocycles. The number of hydrogen-bond donors (Lipinski definition) is 0. The molecule has 0 saturated heterocycles. The van der Waals surface area contributed by atoms with Crippen LogP contribution in [0, 0.1) is 0 Å². The Balaban J connectivity index is 4.21. The second-order valence-corrected chi connectivity index (χ2v) is 15.0. The Hall–Kier alpha value is -2.40. The van der Waals surface area contributed by atoms with Crippen LogP contribution in [-0.4, -0.2) is 37.9 Å². The topological polar surface area (TPSA) is 61.8 Å². The van der Waals surface area contributed by atoms with Crippen LogP contribution in [0.1, 0.15) is 213 Å². The van der Waals surface area contributed by atoms with Crippen molar-refractivity contribution in [2.24, 2.45) is 0 Å². The molecule has 0 aromatic carbocycles. The van der Waals surface area contributed by atoms with Crippen LogP contribution in [0.2, 0.25) is 0 Å². The molecule has 54 heavy (non-hydrogen) atoms. The average molecular weight is 755 g/mol. The maximum atomic E-state index is 12.6. The molecular weight excluding hydrogens is 669 g/mol. The lowest BCUT2D eigenvalue weighted by Gasteiger charge is -2.18. The van der Waals surface area contributed by atoms with Crippen LogP contribution in [0.4, 0.5) is 0 Å². The molecule has 0 aromatic heterocycles. The lowest BCUT2D eigenvalue weighted by Crippen LogP contribution is -2.29. The van der Waals surface area contributed by atoms with Gasteiger partial charge < -0.3 is 14.2 Å². The Labute approximate surface area is 334 Å². The molecule has 5 nitrogen and oxygen atoms in total. The zero-order chi connectivity index (χ0) is 39.3. The van der Waals surface area contributed by atoms with Crippen molar-refractivity contribution in [2.75, 3.05) is 19.8 Å². The minimum Gasteiger partial charge on any atom is -0.462 e. The second kappa shape index (κ2) is 45.0. The van der Waals surface area contributed by atoms with E-state index in [4.69, 9.17) is 14.2 Å². The molecule has 0 heterocycles. The second-order valence-electron chi connectivity index (χ2n) is 15.0. The summed E-state index contributed by atoms with van der Waals surface area (Å²) in [5.41, 5.74) is 0. The average Bonchev–Trinajstić information content (AvgIpc) is 3.17. The Kier molecular flexibility index (Phi) is 43.0. The lowest BCUT2D eigenvalue weighted by atomic mass is 10.0. The largest absolute Gasteiger partial charge is 0.462 e. The molecule has 0 aliphatic heterocycles. The van der Waals surface area contributed by atoms with Gasteiger partial charge in [-0.15, -0.1) is 0 Å². The van der Waals surface area contributed by atoms with Crippen molar-refractivity contribution in [3.63, 3.8) is 0 Å². The van der Waals surface area contributed by atoms with Crippen LogP contribution in [0.5, 0.6) is 0 Å². The third kappa shape index (κ3) is 42.3. The van der Waals surface area contributed by atoms with Crippen LogP contribution < -0.4 is 0 Å². The number of carbonyl (C=O) groups excluding carboxylic acids is 2. The van der Waals surface area contributed by atoms with Crippen LogP contribution in [0.25, 0.3) is 0 Å². The third-order valence-electron chi connectivity index (χ3n) is 9.60. The summed E-state index contributed by atoms with van der Waals surface area (Å²) in [5, 5.41) is 0. The first kappa shape index (κ1) is 51.6. The fourth-order valence-corrected chi connectivity index (χ4v) is 6.23. The van der Waals surface area contributed by atoms with Crippen LogP contribution in [0.15, 0.2) is 60.8 Å². The van der Waals surface area contributed by atoms with Crippen molar-refractivity contribution in [3.05, 3.63) is 60.8 Å². The lowest BCUT2D eigenvalue weighted by molar-refractivity contribution is -0.162. The number of ether oxygens (including phenoxy) is 3. The third-order valence-corrected chi connectivity index (χ3v) is 9.60. The maximum Gasteiger partial charge on any atom is 0.310 e. The normalized spacial score (nSPS) is 12.7. The molecule has 0 rings (SSSR count). The minimum absolute atomic E-state index is 0.0473. The highest BCUT2D eigenvalue weighted by Crippen LogP contribution is 2.15. The summed E-state index contributed by atoms with van der Waals surface area (Å²) in [6, 6.07) is 0. The van der Waals surface area contributed by atoms with E-state index in [0.717, 1.165) is 57.8 Å². The summed E-state index contributed by atoms with van der Waals surface area (Å²) >= 11 is 0. The smallest absolute Gasteiger partial charge is 0.310 e. The Bertz CT molecular complexity index is 946. The van der Waals surface area contributed by atoms with Gasteiger partial charge in [0.05, 0.1) is 13.0 Å². The molecule has 0 bridgehead atoms. The van der Waals surface area contributed by atoms with Gasteiger partial charge in [-0.25, -0.2) is 0 Å². The Morgan fingerprint density at radius 1 is 0.426 bits per heavy atom. The van der Waals surface area contributed by atoms with E-state index in [1.54, 1.807) is 0 Å². The van der Waals surface area contributed by atoms with Crippen molar-refractivity contribution in [1.82, 2.24) is 0 Å². The summed E-state index contributed by atoms with van der Waals surface area (Å²) in [4.78, 5) is 25.1. The predicted octanol–water partition coefficient (Wildman–Crippen LogP) is 15.0. The first-order chi connectivity index (χ1) is 26.6. The van der Waals surface area contributed by atoms with Crippen molar-refractivity contribution in [2.45, 2.75) is 219 Å². The fraction of sp³-hybridized carbons (Fsp3) is 0.755. The highest BCUT2D eigenvalue weighted by molar-refractivity contribution is 5.71. The van der Waals surface area contributed by atoms with E-state index in [2.05, 4.69) is 69.4 Å². The SMILES string of the molecule is CC/C=C\C/C=C\C/C=C\C/C=C\C/C=C\CC(=O)OC(COCCCCCCCC)COC(=O)CCCCCCCCCCCCCCCCCCC. The Morgan fingerprint density at radius 3 is 1.26 bits per heavy atom. The first-order valence-corrected chi connectivity index (χ1v) is 22.8. The van der Waals surface area contributed by atoms with Gasteiger partial charge in [0.1, 0.15) is 6.61 Å². The number of allylic oxidation sites excluding steroid dienone is 9. The van der Waals surface area contributed by atoms with Gasteiger partial charge in [-0.1, -0.05) is 216 Å². The van der Waals surface area contributed by atoms with E-state index >= 15 is 0 Å². The van der Waals surface area contributed by atoms with Gasteiger partial charge in [-0.3, -0.25) is 9.59 Å². The van der Waals surface area contributed by atoms with Crippen LogP contribution in [-0.2, 0) is 23.8 Å². The zero-order valence-electron chi connectivity index (χ0n) is 35.7. The van der Waals surface area contributed by atoms with Gasteiger partial charge in [0.15, 0.2) is 6.10 Å². The summed E-state index contributed by atoms with van der Waals surface area (Å²) in [6.07, 6.45) is 55.4. The zero-order valence-corrected chi connectivity index (χ0v) is 35.7. The predicted molar refractivity (Wildman–Crippen MR) is 233 cm³/mol. The van der Waals surface area contributed by atoms with Gasteiger partial charge in [0.25, 0.3) is 0 Å². The molecule has 0 saturated carbocycles. The van der Waals surface area contributed by atoms with Crippen LogP contribution in [0.3, 0.4) is 0 Å². The van der Waals surface area contributed by atoms with E-state index < -0.39 is 6.10 Å². The van der Waals surface area contributed by atoms with E-state index in [0.29, 0.717) is 13.0 Å². The number of carbonyl (C=O) groups is 2. The van der Waals surface area contributed by atoms with Crippen LogP contribution >= 0.6 is 0 Å². The first-order valence-electron chi connectivity index (χ1n) is 22.8. The molecule has 1 unspecified atom stereocenters. The van der Waals surface area contributed by atoms with E-state index in [9.17, 15) is 9.59 Å². The molecule has 0 aliphatic rings. The highest BCUT2D eigenvalue weighted by atomic mass is 16.6. The Morgan fingerprint density at radius 2 is 0.815 bits per heavy atom. The van der Waals surface area contributed by atoms with Gasteiger partial charge in [-0.2, -0.15) is 0 Å². The van der Waals surface area contributed by atoms with Gasteiger partial charge in [0.2, 0.25) is 0 Å². The van der Waals surface area contributed by atoms with Crippen molar-refractivity contribution in [3.8, 4) is 0 Å². The molecule has 1 atom stereocenters. The molecule has 0 fully saturated rings. The number of unbranched alkanes of at least 4 members (excludes halogenated alkanes) is 21. The standard InChI is InChI=1S/C49H86O5/c1-4-7-10-13-16-18-20-22-24-25-27-28-30-32-34-36-39-42-48(50)53-46-47(45-52-44-41-38-15-12-9-6-3)54-49(51)43-40-37-35-33-31-29-26-23-21-19-17-14-11-8-5-2/h8,11,17,19,23,26,31,33,37,40,47H,4-7,9-10,12-16,18,20-22,24-25,27-30,32,34-36,38-39,41-46H2,1-3H3/b11-8-,19-17-,26-23-,33-31-,40-37-. The van der Waals surface area contributed by atoms with Crippen molar-refractivity contribution < 1.29 is 23.8 Å². The summed E-state index contributed by atoms with van der Waals surface area (Å²) < 4.78 is 17.1. The summed E-state index contributed by atoms with van der Waals surface area (Å²) in [7, 11) is 0. The maximum absolute atomic E-state index is 12.6. The van der Waals surface area contributed by atoms with E-state index in [-0.39, 0.29) is 31.6 Å². The van der Waals surface area contributed by atoms with Gasteiger partial charge in [0, 0.05) is 13.0 Å². The van der Waals surface area contributed by atoms with Gasteiger partial charge >= 0.3 is 11.9 Å². The quantitative estimate of drug-likeness (QED) is 0.0353. The number of esters is 2. The fourth-order valence-electron chi connectivity index (χ4n) is 6.23. The number of rotatable bonds is 41. The molecule has 0 radical (unpaired) electrons. The monoisotopic (exact) mass is 755 g/mol. The molecule has 0 amide bonds. The van der Waals surface area contributed by atoms with Crippen molar-refractivity contribution in [1.29, 1.82) is 0 Å². The minimum atomic E-state index is -0.583. The number of hydrogen-bond acceptors (Lipinski definition) is 5. The molecule has 5 heteroatoms. The van der Waals surface area contributed by atoms with E-state index in [1.165, 1.54) is 122 Å². The van der Waals surface area contributed by atoms with E-state index in [1.807, 2.05) is 12.2 Å². The molecule has 0 N–H and O–H groups in total. The van der Waals surface area contributed by atoms with Gasteiger partial charge in [-0.05, 0) is 44.9 Å². The molecular formula is C49H86O5. The molecule has 0 aromatic rings. The molecule has 0 spiro atoms. The molecule has 312 valence electrons. The summed E-state index contributed by atoms with van der Waals surface area (Å²) in [6.45, 7) is 7.58. The van der Waals surface area contributed by atoms with Crippen molar-refractivity contribution >= 4 is 11.9 Å². The summed E-state index contributed by atoms with van der Waals surface area (Å²) in [5.74, 6) is -0.542.